The van der Waals surface area contributed by atoms with Crippen molar-refractivity contribution in [1.29, 1.82) is 0 Å². The summed E-state index contributed by atoms with van der Waals surface area (Å²) < 4.78 is 0. The Balaban J connectivity index is 2.91. The molecule has 2 heteroatoms. The van der Waals surface area contributed by atoms with Gasteiger partial charge in [-0.15, -0.1) is 0 Å². The van der Waals surface area contributed by atoms with Crippen molar-refractivity contribution in [2.24, 2.45) is 11.7 Å². The maximum atomic E-state index is 5.10. The normalized spacial score (nSPS) is 11.0. The highest BCUT2D eigenvalue weighted by Crippen LogP contribution is 1.95. The van der Waals surface area contributed by atoms with Crippen LogP contribution < -0.4 is 11.1 Å². The molecule has 0 saturated carbocycles. The second-order valence-electron chi connectivity index (χ2n) is 2.50. The summed E-state index contributed by atoms with van der Waals surface area (Å²) in [5, 5.41) is 3.06. The van der Waals surface area contributed by atoms with Gasteiger partial charge in [-0.05, 0) is 12.3 Å². The highest BCUT2D eigenvalue weighted by atomic mass is 14.8. The van der Waals surface area contributed by atoms with Crippen LogP contribution in [0.2, 0.25) is 0 Å². The molecule has 0 radical (unpaired) electrons. The van der Waals surface area contributed by atoms with Gasteiger partial charge in [0, 0.05) is 18.9 Å². The monoisotopic (exact) mass is 128 g/mol. The van der Waals surface area contributed by atoms with Gasteiger partial charge < -0.3 is 11.1 Å². The van der Waals surface area contributed by atoms with Gasteiger partial charge in [0.15, 0.2) is 0 Å². The lowest BCUT2D eigenvalue weighted by Gasteiger charge is -2.02. The molecule has 54 valence electrons. The van der Waals surface area contributed by atoms with Crippen LogP contribution in [0.4, 0.5) is 0 Å². The quantitative estimate of drug-likeness (QED) is 0.555. The van der Waals surface area contributed by atoms with E-state index in [0.29, 0.717) is 0 Å². The van der Waals surface area contributed by atoms with E-state index in [2.05, 4.69) is 19.2 Å². The number of rotatable bonds is 4. The summed E-state index contributed by atoms with van der Waals surface area (Å²) in [6, 6.07) is 0. The molecular formula is C7H16N2. The van der Waals surface area contributed by atoms with Crippen LogP contribution in [0.3, 0.4) is 0 Å². The van der Waals surface area contributed by atoms with Gasteiger partial charge in [0.25, 0.3) is 0 Å². The molecule has 0 atom stereocenters. The minimum absolute atomic E-state index is 0.767. The standard InChI is InChI=1S/C7H16N2/c1-7(2)3-5-9-6-4-8/h4,6-7,9H,3,5,8H2,1-2H3/b6-4+. The van der Waals surface area contributed by atoms with Gasteiger partial charge >= 0.3 is 0 Å². The number of nitrogens with two attached hydrogens (primary N) is 1. The Kier molecular flexibility index (Phi) is 5.07. The third-order valence-corrected chi connectivity index (χ3v) is 1.08. The fraction of sp³-hybridized carbons (Fsp3) is 0.714. The van der Waals surface area contributed by atoms with Crippen LogP contribution in [0.25, 0.3) is 0 Å². The first kappa shape index (κ1) is 8.34. The summed E-state index contributed by atoms with van der Waals surface area (Å²) >= 11 is 0. The maximum absolute atomic E-state index is 5.10. The fourth-order valence-electron chi connectivity index (χ4n) is 0.523. The third-order valence-electron chi connectivity index (χ3n) is 1.08. The number of hydrogen-bond acceptors (Lipinski definition) is 2. The molecule has 3 N–H and O–H groups in total. The van der Waals surface area contributed by atoms with Crippen molar-refractivity contribution >= 4 is 0 Å². The van der Waals surface area contributed by atoms with Crippen LogP contribution in [0.5, 0.6) is 0 Å². The Morgan fingerprint density at radius 1 is 1.56 bits per heavy atom. The molecule has 0 fully saturated rings. The van der Waals surface area contributed by atoms with Crippen LogP contribution >= 0.6 is 0 Å². The van der Waals surface area contributed by atoms with E-state index in [9.17, 15) is 0 Å². The van der Waals surface area contributed by atoms with Crippen LogP contribution in [-0.4, -0.2) is 6.54 Å². The van der Waals surface area contributed by atoms with Gasteiger partial charge in [0.1, 0.15) is 0 Å². The molecule has 0 amide bonds. The van der Waals surface area contributed by atoms with Crippen LogP contribution in [0.15, 0.2) is 12.4 Å². The van der Waals surface area contributed by atoms with Crippen LogP contribution in [-0.2, 0) is 0 Å². The minimum Gasteiger partial charge on any atom is -0.403 e. The van der Waals surface area contributed by atoms with E-state index in [0.717, 1.165) is 12.5 Å². The molecule has 0 aliphatic rings. The summed E-state index contributed by atoms with van der Waals surface area (Å²) in [6.45, 7) is 5.42. The van der Waals surface area contributed by atoms with Gasteiger partial charge in [-0.3, -0.25) is 0 Å². The Morgan fingerprint density at radius 3 is 2.67 bits per heavy atom. The lowest BCUT2D eigenvalue weighted by molar-refractivity contribution is 0.571. The Labute approximate surface area is 57.1 Å². The zero-order chi connectivity index (χ0) is 7.11. The zero-order valence-corrected chi connectivity index (χ0v) is 6.22. The second kappa shape index (κ2) is 5.48. The van der Waals surface area contributed by atoms with Crippen molar-refractivity contribution in [3.63, 3.8) is 0 Å². The number of hydrogen-bond donors (Lipinski definition) is 2. The van der Waals surface area contributed by atoms with Gasteiger partial charge in [0.05, 0.1) is 0 Å². The highest BCUT2D eigenvalue weighted by Gasteiger charge is 1.89. The molecule has 9 heavy (non-hydrogen) atoms. The molecule has 0 aliphatic heterocycles. The smallest absolute Gasteiger partial charge is 0.0144 e. The molecule has 0 unspecified atom stereocenters. The van der Waals surface area contributed by atoms with E-state index in [-0.39, 0.29) is 0 Å². The molecule has 0 spiro atoms. The largest absolute Gasteiger partial charge is 0.403 e. The molecule has 0 rings (SSSR count). The fourth-order valence-corrected chi connectivity index (χ4v) is 0.523. The molecule has 0 aromatic rings. The van der Waals surface area contributed by atoms with Crippen molar-refractivity contribution in [2.75, 3.05) is 6.54 Å². The SMILES string of the molecule is CC(C)CCN/C=C/N. The molecule has 2 nitrogen and oxygen atoms in total. The predicted molar refractivity (Wildman–Crippen MR) is 40.8 cm³/mol. The Bertz CT molecular complexity index is 77.0. The van der Waals surface area contributed by atoms with Crippen molar-refractivity contribution < 1.29 is 0 Å². The topological polar surface area (TPSA) is 38.0 Å². The van der Waals surface area contributed by atoms with Crippen molar-refractivity contribution in [3.05, 3.63) is 12.4 Å². The first-order chi connectivity index (χ1) is 4.27. The summed E-state index contributed by atoms with van der Waals surface area (Å²) in [6.07, 6.45) is 4.48. The van der Waals surface area contributed by atoms with E-state index < -0.39 is 0 Å². The van der Waals surface area contributed by atoms with Crippen LogP contribution in [0.1, 0.15) is 20.3 Å². The van der Waals surface area contributed by atoms with Crippen molar-refractivity contribution in [1.82, 2.24) is 5.32 Å². The highest BCUT2D eigenvalue weighted by molar-refractivity contribution is 4.72. The molecule has 0 heterocycles. The van der Waals surface area contributed by atoms with E-state index >= 15 is 0 Å². The average molecular weight is 128 g/mol. The molecule has 0 saturated heterocycles. The first-order valence-electron chi connectivity index (χ1n) is 3.37. The lowest BCUT2D eigenvalue weighted by Crippen LogP contribution is -2.09. The first-order valence-corrected chi connectivity index (χ1v) is 3.37. The predicted octanol–water partition coefficient (Wildman–Crippen LogP) is 1.05. The molecule has 0 bridgehead atoms. The maximum Gasteiger partial charge on any atom is 0.0144 e. The summed E-state index contributed by atoms with van der Waals surface area (Å²) in [5.74, 6) is 0.767. The lowest BCUT2D eigenvalue weighted by atomic mass is 10.1. The number of nitrogens with one attached hydrogen (secondary N) is 1. The summed E-state index contributed by atoms with van der Waals surface area (Å²) in [5.41, 5.74) is 5.10. The molecule has 0 aliphatic carbocycles. The van der Waals surface area contributed by atoms with E-state index in [4.69, 9.17) is 5.73 Å². The second-order valence-corrected chi connectivity index (χ2v) is 2.50. The van der Waals surface area contributed by atoms with Gasteiger partial charge in [0.2, 0.25) is 0 Å². The molecule has 0 aromatic carbocycles. The third kappa shape index (κ3) is 7.34. The van der Waals surface area contributed by atoms with Crippen molar-refractivity contribution in [2.45, 2.75) is 20.3 Å². The minimum atomic E-state index is 0.767. The Hall–Kier alpha value is -0.660. The van der Waals surface area contributed by atoms with Gasteiger partial charge in [-0.2, -0.15) is 0 Å². The summed E-state index contributed by atoms with van der Waals surface area (Å²) in [4.78, 5) is 0. The Morgan fingerprint density at radius 2 is 2.22 bits per heavy atom. The van der Waals surface area contributed by atoms with E-state index in [1.165, 1.54) is 12.6 Å². The van der Waals surface area contributed by atoms with E-state index in [1.807, 2.05) is 0 Å². The van der Waals surface area contributed by atoms with Crippen molar-refractivity contribution in [3.8, 4) is 0 Å². The molecular weight excluding hydrogens is 112 g/mol. The average Bonchev–Trinajstić information content (AvgIpc) is 1.80. The van der Waals surface area contributed by atoms with E-state index in [1.54, 1.807) is 6.20 Å². The molecule has 0 aromatic heterocycles. The zero-order valence-electron chi connectivity index (χ0n) is 6.22. The van der Waals surface area contributed by atoms with Crippen LogP contribution in [0, 0.1) is 5.92 Å². The van der Waals surface area contributed by atoms with Gasteiger partial charge in [-0.1, -0.05) is 13.8 Å². The summed E-state index contributed by atoms with van der Waals surface area (Å²) in [7, 11) is 0. The van der Waals surface area contributed by atoms with Gasteiger partial charge in [-0.25, -0.2) is 0 Å².